The first-order valence-corrected chi connectivity index (χ1v) is 7.17. The fourth-order valence-electron chi connectivity index (χ4n) is 2.38. The molecule has 0 aromatic heterocycles. The molecule has 0 radical (unpaired) electrons. The van der Waals surface area contributed by atoms with Crippen molar-refractivity contribution in [2.24, 2.45) is 5.73 Å². The molecule has 2 rings (SSSR count). The maximum absolute atomic E-state index is 12.3. The van der Waals surface area contributed by atoms with Gasteiger partial charge in [-0.2, -0.15) is 0 Å². The maximum atomic E-state index is 12.3. The molecule has 3 nitrogen and oxygen atoms in total. The molecule has 3 N–H and O–H groups in total. The molecular formula is C18H22N2O. The molecule has 1 unspecified atom stereocenters. The van der Waals surface area contributed by atoms with E-state index in [1.807, 2.05) is 69.3 Å². The van der Waals surface area contributed by atoms with E-state index in [-0.39, 0.29) is 11.9 Å². The lowest BCUT2D eigenvalue weighted by molar-refractivity contribution is -0.123. The quantitative estimate of drug-likeness (QED) is 0.905. The third kappa shape index (κ3) is 3.70. The van der Waals surface area contributed by atoms with Crippen molar-refractivity contribution in [1.82, 2.24) is 5.32 Å². The van der Waals surface area contributed by atoms with Crippen LogP contribution in [0.25, 0.3) is 0 Å². The molecule has 2 atom stereocenters. The molecule has 0 heterocycles. The van der Waals surface area contributed by atoms with E-state index >= 15 is 0 Å². The second-order valence-electron chi connectivity index (χ2n) is 5.48. The Balaban J connectivity index is 2.07. The van der Waals surface area contributed by atoms with Crippen molar-refractivity contribution < 1.29 is 4.79 Å². The largest absolute Gasteiger partial charge is 0.348 e. The second-order valence-corrected chi connectivity index (χ2v) is 5.48. The monoisotopic (exact) mass is 282 g/mol. The lowest BCUT2D eigenvalue weighted by Crippen LogP contribution is -2.35. The summed E-state index contributed by atoms with van der Waals surface area (Å²) < 4.78 is 0. The summed E-state index contributed by atoms with van der Waals surface area (Å²) in [6.45, 7) is 6.02. The maximum Gasteiger partial charge on any atom is 0.241 e. The number of rotatable bonds is 4. The van der Waals surface area contributed by atoms with E-state index in [9.17, 15) is 4.79 Å². The number of benzene rings is 2. The number of nitrogens with one attached hydrogen (secondary N) is 1. The molecule has 0 aliphatic heterocycles. The van der Waals surface area contributed by atoms with Crippen molar-refractivity contribution in [1.29, 1.82) is 0 Å². The summed E-state index contributed by atoms with van der Waals surface area (Å²) >= 11 is 0. The van der Waals surface area contributed by atoms with Crippen molar-refractivity contribution in [3.8, 4) is 0 Å². The molecule has 0 bridgehead atoms. The first-order valence-electron chi connectivity index (χ1n) is 7.17. The van der Waals surface area contributed by atoms with Crippen molar-refractivity contribution in [3.63, 3.8) is 0 Å². The van der Waals surface area contributed by atoms with Gasteiger partial charge in [0.15, 0.2) is 0 Å². The van der Waals surface area contributed by atoms with Gasteiger partial charge in [-0.3, -0.25) is 4.79 Å². The SMILES string of the molecule is Cc1ccc(C(N)C(=O)N[C@H](C)c2ccccc2C)cc1. The number of hydrogen-bond acceptors (Lipinski definition) is 2. The third-order valence-electron chi connectivity index (χ3n) is 3.73. The molecule has 2 aromatic carbocycles. The first kappa shape index (κ1) is 15.3. The van der Waals surface area contributed by atoms with Gasteiger partial charge in [-0.05, 0) is 37.5 Å². The second kappa shape index (κ2) is 6.55. The number of nitrogens with two attached hydrogens (primary N) is 1. The highest BCUT2D eigenvalue weighted by molar-refractivity contribution is 5.83. The Morgan fingerprint density at radius 3 is 2.29 bits per heavy atom. The molecule has 1 amide bonds. The summed E-state index contributed by atoms with van der Waals surface area (Å²) in [7, 11) is 0. The molecular weight excluding hydrogens is 260 g/mol. The zero-order valence-electron chi connectivity index (χ0n) is 12.8. The number of carbonyl (C=O) groups excluding carboxylic acids is 1. The molecule has 0 aliphatic carbocycles. The smallest absolute Gasteiger partial charge is 0.241 e. The van der Waals surface area contributed by atoms with E-state index in [1.165, 1.54) is 0 Å². The Bertz CT molecular complexity index is 619. The van der Waals surface area contributed by atoms with Gasteiger partial charge in [0.2, 0.25) is 5.91 Å². The van der Waals surface area contributed by atoms with Gasteiger partial charge < -0.3 is 11.1 Å². The average Bonchev–Trinajstić information content (AvgIpc) is 2.47. The minimum absolute atomic E-state index is 0.0600. The van der Waals surface area contributed by atoms with Crippen molar-refractivity contribution in [2.45, 2.75) is 32.9 Å². The molecule has 0 saturated carbocycles. The Morgan fingerprint density at radius 1 is 1.05 bits per heavy atom. The van der Waals surface area contributed by atoms with Crippen LogP contribution in [0.4, 0.5) is 0 Å². The summed E-state index contributed by atoms with van der Waals surface area (Å²) in [5.41, 5.74) is 10.3. The molecule has 0 spiro atoms. The molecule has 110 valence electrons. The van der Waals surface area contributed by atoms with Gasteiger partial charge in [0.05, 0.1) is 6.04 Å². The van der Waals surface area contributed by atoms with Gasteiger partial charge in [-0.1, -0.05) is 54.1 Å². The topological polar surface area (TPSA) is 55.1 Å². The molecule has 21 heavy (non-hydrogen) atoms. The fraction of sp³-hybridized carbons (Fsp3) is 0.278. The summed E-state index contributed by atoms with van der Waals surface area (Å²) in [4.78, 5) is 12.3. The van der Waals surface area contributed by atoms with Crippen LogP contribution in [0.1, 0.15) is 41.3 Å². The van der Waals surface area contributed by atoms with Crippen LogP contribution < -0.4 is 11.1 Å². The molecule has 2 aromatic rings. The first-order chi connectivity index (χ1) is 9.99. The normalized spacial score (nSPS) is 13.5. The van der Waals surface area contributed by atoms with Crippen LogP contribution in [-0.2, 0) is 4.79 Å². The highest BCUT2D eigenvalue weighted by atomic mass is 16.2. The third-order valence-corrected chi connectivity index (χ3v) is 3.73. The van der Waals surface area contributed by atoms with Crippen LogP contribution >= 0.6 is 0 Å². The predicted molar refractivity (Wildman–Crippen MR) is 85.8 cm³/mol. The summed E-state index contributed by atoms with van der Waals surface area (Å²) in [6, 6.07) is 15.1. The van der Waals surface area contributed by atoms with Crippen molar-refractivity contribution in [3.05, 3.63) is 70.8 Å². The van der Waals surface area contributed by atoms with Crippen LogP contribution in [0.3, 0.4) is 0 Å². The highest BCUT2D eigenvalue weighted by Crippen LogP contribution is 2.18. The molecule has 0 fully saturated rings. The minimum atomic E-state index is -0.642. The molecule has 3 heteroatoms. The van der Waals surface area contributed by atoms with Crippen LogP contribution in [0, 0.1) is 13.8 Å². The Hall–Kier alpha value is -2.13. The van der Waals surface area contributed by atoms with Crippen molar-refractivity contribution in [2.75, 3.05) is 0 Å². The van der Waals surface area contributed by atoms with Gasteiger partial charge in [0.25, 0.3) is 0 Å². The number of amides is 1. The zero-order valence-corrected chi connectivity index (χ0v) is 12.8. The fourth-order valence-corrected chi connectivity index (χ4v) is 2.38. The van der Waals surface area contributed by atoms with E-state index in [2.05, 4.69) is 5.32 Å². The van der Waals surface area contributed by atoms with E-state index < -0.39 is 6.04 Å². The lowest BCUT2D eigenvalue weighted by Gasteiger charge is -2.19. The van der Waals surface area contributed by atoms with E-state index in [1.54, 1.807) is 0 Å². The van der Waals surface area contributed by atoms with Gasteiger partial charge in [-0.25, -0.2) is 0 Å². The number of carbonyl (C=O) groups is 1. The van der Waals surface area contributed by atoms with E-state index in [0.29, 0.717) is 0 Å². The molecule has 0 saturated heterocycles. The Morgan fingerprint density at radius 2 is 1.67 bits per heavy atom. The van der Waals surface area contributed by atoms with Gasteiger partial charge in [-0.15, -0.1) is 0 Å². The van der Waals surface area contributed by atoms with Crippen molar-refractivity contribution >= 4 is 5.91 Å². The Kier molecular flexibility index (Phi) is 4.76. The number of aryl methyl sites for hydroxylation is 2. The van der Waals surface area contributed by atoms with Crippen LogP contribution in [-0.4, -0.2) is 5.91 Å². The van der Waals surface area contributed by atoms with Gasteiger partial charge in [0.1, 0.15) is 6.04 Å². The van der Waals surface area contributed by atoms with Crippen LogP contribution in [0.2, 0.25) is 0 Å². The van der Waals surface area contributed by atoms with Gasteiger partial charge >= 0.3 is 0 Å². The average molecular weight is 282 g/mol. The number of hydrogen-bond donors (Lipinski definition) is 2. The van der Waals surface area contributed by atoms with Gasteiger partial charge in [0, 0.05) is 0 Å². The minimum Gasteiger partial charge on any atom is -0.348 e. The highest BCUT2D eigenvalue weighted by Gasteiger charge is 2.18. The summed E-state index contributed by atoms with van der Waals surface area (Å²) in [5, 5.41) is 2.99. The van der Waals surface area contributed by atoms with E-state index in [4.69, 9.17) is 5.73 Å². The molecule has 0 aliphatic rings. The van der Waals surface area contributed by atoms with E-state index in [0.717, 1.165) is 22.3 Å². The van der Waals surface area contributed by atoms with Crippen LogP contribution in [0.15, 0.2) is 48.5 Å². The van der Waals surface area contributed by atoms with Crippen LogP contribution in [0.5, 0.6) is 0 Å². The lowest BCUT2D eigenvalue weighted by atomic mass is 10.0. The summed E-state index contributed by atoms with van der Waals surface area (Å²) in [5.74, 6) is -0.158. The Labute approximate surface area is 126 Å². The summed E-state index contributed by atoms with van der Waals surface area (Å²) in [6.07, 6.45) is 0. The predicted octanol–water partition coefficient (Wildman–Crippen LogP) is 3.18. The zero-order chi connectivity index (χ0) is 15.4. The standard InChI is InChI=1S/C18H22N2O/c1-12-8-10-15(11-9-12)17(19)18(21)20-14(3)16-7-5-4-6-13(16)2/h4-11,14,17H,19H2,1-3H3,(H,20,21)/t14-,17?/m1/s1.